The zero-order chi connectivity index (χ0) is 10.8. The predicted octanol–water partition coefficient (Wildman–Crippen LogP) is 0.128. The molecule has 5 heteroatoms. The molecule has 1 heterocycles. The van der Waals surface area contributed by atoms with Crippen LogP contribution in [-0.4, -0.2) is 38.4 Å². The van der Waals surface area contributed by atoms with Crippen LogP contribution in [0.3, 0.4) is 0 Å². The maximum absolute atomic E-state index is 11.4. The van der Waals surface area contributed by atoms with Gasteiger partial charge in [0.2, 0.25) is 0 Å². The third-order valence-electron chi connectivity index (χ3n) is 2.56. The molecule has 0 saturated carbocycles. The van der Waals surface area contributed by atoms with E-state index in [1.807, 2.05) is 6.92 Å². The van der Waals surface area contributed by atoms with Crippen molar-refractivity contribution in [2.45, 2.75) is 18.9 Å². The summed E-state index contributed by atoms with van der Waals surface area (Å²) in [5, 5.41) is 0. The first-order valence-corrected chi connectivity index (χ1v) is 4.44. The molecule has 0 aromatic carbocycles. The molecule has 1 rings (SSSR count). The number of rotatable bonds is 3. The summed E-state index contributed by atoms with van der Waals surface area (Å²) < 4.78 is 14.2. The molecule has 80 valence electrons. The lowest BCUT2D eigenvalue weighted by Gasteiger charge is -2.43. The molecule has 1 aliphatic rings. The number of methoxy groups -OCH3 is 2. The van der Waals surface area contributed by atoms with Gasteiger partial charge >= 0.3 is 11.9 Å². The van der Waals surface area contributed by atoms with Crippen LogP contribution in [0.5, 0.6) is 0 Å². The van der Waals surface area contributed by atoms with Crippen LogP contribution >= 0.6 is 0 Å². The Morgan fingerprint density at radius 1 is 1.36 bits per heavy atom. The van der Waals surface area contributed by atoms with Gasteiger partial charge in [0.05, 0.1) is 20.8 Å². The van der Waals surface area contributed by atoms with Crippen LogP contribution < -0.4 is 0 Å². The van der Waals surface area contributed by atoms with Crippen molar-refractivity contribution in [3.63, 3.8) is 0 Å². The van der Waals surface area contributed by atoms with Crippen LogP contribution in [0, 0.1) is 5.92 Å². The molecule has 14 heavy (non-hydrogen) atoms. The molecule has 0 amide bonds. The van der Waals surface area contributed by atoms with Gasteiger partial charge in [-0.3, -0.25) is 0 Å². The van der Waals surface area contributed by atoms with Crippen LogP contribution in [0.15, 0.2) is 0 Å². The maximum Gasteiger partial charge on any atom is 0.350 e. The van der Waals surface area contributed by atoms with Crippen molar-refractivity contribution >= 4 is 11.9 Å². The first kappa shape index (κ1) is 11.0. The Hall–Kier alpha value is -1.10. The second-order valence-electron chi connectivity index (χ2n) is 3.13. The van der Waals surface area contributed by atoms with Crippen molar-refractivity contribution in [1.29, 1.82) is 0 Å². The SMILES string of the molecule is CCC1COC1(C(=O)OC)C(=O)OC. The van der Waals surface area contributed by atoms with E-state index in [9.17, 15) is 9.59 Å². The molecule has 1 aliphatic heterocycles. The van der Waals surface area contributed by atoms with Crippen molar-refractivity contribution < 1.29 is 23.8 Å². The summed E-state index contributed by atoms with van der Waals surface area (Å²) in [5.74, 6) is -1.51. The van der Waals surface area contributed by atoms with Gasteiger partial charge in [-0.2, -0.15) is 0 Å². The van der Waals surface area contributed by atoms with Gasteiger partial charge in [-0.25, -0.2) is 9.59 Å². The van der Waals surface area contributed by atoms with Gasteiger partial charge in [-0.15, -0.1) is 0 Å². The van der Waals surface area contributed by atoms with E-state index in [1.165, 1.54) is 14.2 Å². The van der Waals surface area contributed by atoms with Crippen LogP contribution in [-0.2, 0) is 23.8 Å². The summed E-state index contributed by atoms with van der Waals surface area (Å²) in [6.07, 6.45) is 0.671. The number of esters is 2. The second kappa shape index (κ2) is 3.96. The van der Waals surface area contributed by atoms with Gasteiger partial charge < -0.3 is 14.2 Å². The van der Waals surface area contributed by atoms with E-state index in [-0.39, 0.29) is 5.92 Å². The highest BCUT2D eigenvalue weighted by atomic mass is 16.6. The number of carbonyl (C=O) groups excluding carboxylic acids is 2. The Balaban J connectivity index is 2.91. The monoisotopic (exact) mass is 202 g/mol. The fourth-order valence-electron chi connectivity index (χ4n) is 1.61. The first-order valence-electron chi connectivity index (χ1n) is 4.44. The van der Waals surface area contributed by atoms with Gasteiger partial charge in [0.25, 0.3) is 5.60 Å². The molecule has 0 aliphatic carbocycles. The summed E-state index contributed by atoms with van der Waals surface area (Å²) in [5.41, 5.74) is -1.52. The van der Waals surface area contributed by atoms with Crippen molar-refractivity contribution in [1.82, 2.24) is 0 Å². The lowest BCUT2D eigenvalue weighted by molar-refractivity contribution is -0.234. The topological polar surface area (TPSA) is 61.8 Å². The van der Waals surface area contributed by atoms with Crippen molar-refractivity contribution in [3.8, 4) is 0 Å². The van der Waals surface area contributed by atoms with E-state index >= 15 is 0 Å². The molecule has 0 bridgehead atoms. The van der Waals surface area contributed by atoms with E-state index in [0.29, 0.717) is 13.0 Å². The van der Waals surface area contributed by atoms with Gasteiger partial charge in [-0.1, -0.05) is 6.92 Å². The highest BCUT2D eigenvalue weighted by Crippen LogP contribution is 2.37. The predicted molar refractivity (Wildman–Crippen MR) is 46.5 cm³/mol. The van der Waals surface area contributed by atoms with Crippen molar-refractivity contribution in [3.05, 3.63) is 0 Å². The summed E-state index contributed by atoms with van der Waals surface area (Å²) >= 11 is 0. The van der Waals surface area contributed by atoms with E-state index in [2.05, 4.69) is 9.47 Å². The van der Waals surface area contributed by atoms with E-state index in [1.54, 1.807) is 0 Å². The third-order valence-corrected chi connectivity index (χ3v) is 2.56. The molecule has 1 fully saturated rings. The Kier molecular flexibility index (Phi) is 3.10. The Morgan fingerprint density at radius 2 is 1.86 bits per heavy atom. The van der Waals surface area contributed by atoms with Crippen molar-refractivity contribution in [2.75, 3.05) is 20.8 Å². The van der Waals surface area contributed by atoms with E-state index in [4.69, 9.17) is 4.74 Å². The standard InChI is InChI=1S/C9H14O5/c1-4-6-5-14-9(6,7(10)12-2)8(11)13-3/h6H,4-5H2,1-3H3. The molecule has 0 aromatic rings. The minimum absolute atomic E-state index is 0.151. The van der Waals surface area contributed by atoms with Crippen LogP contribution in [0.4, 0.5) is 0 Å². The Morgan fingerprint density at radius 3 is 2.07 bits per heavy atom. The molecule has 1 saturated heterocycles. The van der Waals surface area contributed by atoms with Gasteiger partial charge in [0.15, 0.2) is 0 Å². The average molecular weight is 202 g/mol. The normalized spacial score (nSPS) is 23.5. The first-order chi connectivity index (χ1) is 6.63. The average Bonchev–Trinajstić information content (AvgIpc) is 2.17. The minimum atomic E-state index is -1.52. The summed E-state index contributed by atoms with van der Waals surface area (Å²) in [6.45, 7) is 2.27. The molecule has 0 spiro atoms. The molecule has 0 radical (unpaired) electrons. The smallest absolute Gasteiger partial charge is 0.350 e. The molecule has 1 atom stereocenters. The number of carbonyl (C=O) groups is 2. The molecular formula is C9H14O5. The minimum Gasteiger partial charge on any atom is -0.466 e. The van der Waals surface area contributed by atoms with Gasteiger partial charge in [0, 0.05) is 5.92 Å². The van der Waals surface area contributed by atoms with E-state index in [0.717, 1.165) is 0 Å². The zero-order valence-electron chi connectivity index (χ0n) is 8.53. The second-order valence-corrected chi connectivity index (χ2v) is 3.13. The highest BCUT2D eigenvalue weighted by molar-refractivity contribution is 6.05. The lowest BCUT2D eigenvalue weighted by Crippen LogP contribution is -2.64. The zero-order valence-corrected chi connectivity index (χ0v) is 8.53. The van der Waals surface area contributed by atoms with Gasteiger partial charge in [0.1, 0.15) is 0 Å². The quantitative estimate of drug-likeness (QED) is 0.480. The molecular weight excluding hydrogens is 188 g/mol. The van der Waals surface area contributed by atoms with E-state index < -0.39 is 17.5 Å². The van der Waals surface area contributed by atoms with Gasteiger partial charge in [-0.05, 0) is 6.42 Å². The van der Waals surface area contributed by atoms with Crippen molar-refractivity contribution in [2.24, 2.45) is 5.92 Å². The Labute approximate surface area is 82.3 Å². The number of ether oxygens (including phenoxy) is 3. The number of hydrogen-bond donors (Lipinski definition) is 0. The summed E-state index contributed by atoms with van der Waals surface area (Å²) in [7, 11) is 2.45. The summed E-state index contributed by atoms with van der Waals surface area (Å²) in [6, 6.07) is 0. The van der Waals surface area contributed by atoms with Crippen LogP contribution in [0.1, 0.15) is 13.3 Å². The highest BCUT2D eigenvalue weighted by Gasteiger charge is 2.62. The van der Waals surface area contributed by atoms with Crippen LogP contribution in [0.25, 0.3) is 0 Å². The lowest BCUT2D eigenvalue weighted by atomic mass is 9.80. The molecule has 5 nitrogen and oxygen atoms in total. The number of hydrogen-bond acceptors (Lipinski definition) is 5. The fourth-order valence-corrected chi connectivity index (χ4v) is 1.61. The van der Waals surface area contributed by atoms with Crippen LogP contribution in [0.2, 0.25) is 0 Å². The molecule has 1 unspecified atom stereocenters. The molecule has 0 N–H and O–H groups in total. The Bertz CT molecular complexity index is 230. The third kappa shape index (κ3) is 1.28. The summed E-state index contributed by atoms with van der Waals surface area (Å²) in [4.78, 5) is 22.9. The maximum atomic E-state index is 11.4. The molecule has 0 aromatic heterocycles. The fraction of sp³-hybridized carbons (Fsp3) is 0.778. The largest absolute Gasteiger partial charge is 0.466 e.